The molecule has 0 saturated carbocycles. The highest BCUT2D eigenvalue weighted by atomic mass is 19.4. The van der Waals surface area contributed by atoms with E-state index in [0.29, 0.717) is 12.5 Å². The fourth-order valence-corrected chi connectivity index (χ4v) is 1.65. The predicted molar refractivity (Wildman–Crippen MR) is 58.0 cm³/mol. The summed E-state index contributed by atoms with van der Waals surface area (Å²) in [4.78, 5) is 0. The summed E-state index contributed by atoms with van der Waals surface area (Å²) in [6.07, 6.45) is -5.36. The van der Waals surface area contributed by atoms with Crippen molar-refractivity contribution in [1.82, 2.24) is 5.32 Å². The summed E-state index contributed by atoms with van der Waals surface area (Å²) in [5.41, 5.74) is -0.523. The van der Waals surface area contributed by atoms with Gasteiger partial charge in [-0.1, -0.05) is 6.92 Å². The monoisotopic (exact) mass is 285 g/mol. The molecule has 0 fully saturated rings. The van der Waals surface area contributed by atoms with Crippen molar-refractivity contribution < 1.29 is 26.3 Å². The van der Waals surface area contributed by atoms with Crippen LogP contribution in [-0.2, 0) is 0 Å². The molecule has 1 aromatic rings. The third-order valence-electron chi connectivity index (χ3n) is 2.49. The van der Waals surface area contributed by atoms with Crippen molar-refractivity contribution >= 4 is 0 Å². The first-order chi connectivity index (χ1) is 8.74. The zero-order chi connectivity index (χ0) is 14.6. The molecule has 7 heteroatoms. The van der Waals surface area contributed by atoms with E-state index in [0.717, 1.165) is 0 Å². The SMILES string of the molecule is CCCNC(CC(F)(F)F)c1cc(F)c(F)cc1F. The van der Waals surface area contributed by atoms with Gasteiger partial charge < -0.3 is 5.32 Å². The Bertz CT molecular complexity index is 429. The summed E-state index contributed by atoms with van der Waals surface area (Å²) in [6, 6.07) is -0.721. The van der Waals surface area contributed by atoms with Crippen molar-refractivity contribution in [3.05, 3.63) is 35.1 Å². The summed E-state index contributed by atoms with van der Waals surface area (Å²) in [5.74, 6) is -4.00. The summed E-state index contributed by atoms with van der Waals surface area (Å²) in [5, 5.41) is 2.48. The second kappa shape index (κ2) is 6.27. The lowest BCUT2D eigenvalue weighted by Crippen LogP contribution is -2.28. The molecule has 1 unspecified atom stereocenters. The summed E-state index contributed by atoms with van der Waals surface area (Å²) in [6.45, 7) is 1.93. The lowest BCUT2D eigenvalue weighted by molar-refractivity contribution is -0.140. The molecule has 0 saturated heterocycles. The minimum Gasteiger partial charge on any atom is -0.310 e. The normalized spacial score (nSPS) is 13.6. The van der Waals surface area contributed by atoms with E-state index >= 15 is 0 Å². The molecule has 108 valence electrons. The lowest BCUT2D eigenvalue weighted by Gasteiger charge is -2.21. The number of rotatable bonds is 5. The second-order valence-corrected chi connectivity index (χ2v) is 4.11. The number of hydrogen-bond acceptors (Lipinski definition) is 1. The third kappa shape index (κ3) is 4.74. The second-order valence-electron chi connectivity index (χ2n) is 4.11. The molecular formula is C12H13F6N. The van der Waals surface area contributed by atoms with Crippen LogP contribution in [0.15, 0.2) is 12.1 Å². The van der Waals surface area contributed by atoms with E-state index in [2.05, 4.69) is 5.32 Å². The van der Waals surface area contributed by atoms with Gasteiger partial charge in [0.1, 0.15) is 5.82 Å². The molecule has 0 aromatic heterocycles. The molecule has 0 radical (unpaired) electrons. The van der Waals surface area contributed by atoms with Crippen LogP contribution < -0.4 is 5.32 Å². The summed E-state index contributed by atoms with van der Waals surface area (Å²) in [7, 11) is 0. The van der Waals surface area contributed by atoms with Gasteiger partial charge in [0.2, 0.25) is 0 Å². The van der Waals surface area contributed by atoms with Crippen molar-refractivity contribution in [3.63, 3.8) is 0 Å². The smallest absolute Gasteiger partial charge is 0.310 e. The Balaban J connectivity index is 3.06. The Kier molecular flexibility index (Phi) is 5.22. The van der Waals surface area contributed by atoms with Crippen molar-refractivity contribution in [2.45, 2.75) is 32.0 Å². The fourth-order valence-electron chi connectivity index (χ4n) is 1.65. The Morgan fingerprint density at radius 2 is 1.63 bits per heavy atom. The molecule has 1 atom stereocenters. The minimum absolute atomic E-state index is 0.208. The molecule has 0 aliphatic rings. The maximum absolute atomic E-state index is 13.5. The topological polar surface area (TPSA) is 12.0 Å². The molecule has 0 bridgehead atoms. The molecule has 0 heterocycles. The van der Waals surface area contributed by atoms with E-state index < -0.39 is 41.7 Å². The van der Waals surface area contributed by atoms with Crippen LogP contribution in [0.2, 0.25) is 0 Å². The number of benzene rings is 1. The van der Waals surface area contributed by atoms with Crippen molar-refractivity contribution in [3.8, 4) is 0 Å². The molecular weight excluding hydrogens is 272 g/mol. The summed E-state index contributed by atoms with van der Waals surface area (Å²) < 4.78 is 76.4. The van der Waals surface area contributed by atoms with Gasteiger partial charge in [0.25, 0.3) is 0 Å². The number of alkyl halides is 3. The number of halogens is 6. The average molecular weight is 285 g/mol. The van der Waals surface area contributed by atoms with Gasteiger partial charge in [-0.15, -0.1) is 0 Å². The molecule has 0 spiro atoms. The minimum atomic E-state index is -4.54. The highest BCUT2D eigenvalue weighted by Gasteiger charge is 2.33. The summed E-state index contributed by atoms with van der Waals surface area (Å²) >= 11 is 0. The molecule has 0 aliphatic heterocycles. The lowest BCUT2D eigenvalue weighted by atomic mass is 10.0. The first-order valence-corrected chi connectivity index (χ1v) is 5.69. The van der Waals surface area contributed by atoms with Gasteiger partial charge in [-0.2, -0.15) is 13.2 Å². The van der Waals surface area contributed by atoms with Crippen LogP contribution in [0.1, 0.15) is 31.4 Å². The maximum atomic E-state index is 13.5. The zero-order valence-electron chi connectivity index (χ0n) is 10.1. The van der Waals surface area contributed by atoms with Crippen molar-refractivity contribution in [1.29, 1.82) is 0 Å². The highest BCUT2D eigenvalue weighted by molar-refractivity contribution is 5.23. The van der Waals surface area contributed by atoms with Crippen LogP contribution in [0, 0.1) is 17.5 Å². The number of nitrogens with one attached hydrogen (secondary N) is 1. The molecule has 1 N–H and O–H groups in total. The van der Waals surface area contributed by atoms with Crippen LogP contribution in [0.4, 0.5) is 26.3 Å². The van der Waals surface area contributed by atoms with Crippen LogP contribution >= 0.6 is 0 Å². The van der Waals surface area contributed by atoms with E-state index in [9.17, 15) is 26.3 Å². The first kappa shape index (κ1) is 15.8. The van der Waals surface area contributed by atoms with Gasteiger partial charge in [0, 0.05) is 17.7 Å². The van der Waals surface area contributed by atoms with Gasteiger partial charge >= 0.3 is 6.18 Å². The highest BCUT2D eigenvalue weighted by Crippen LogP contribution is 2.31. The third-order valence-corrected chi connectivity index (χ3v) is 2.49. The average Bonchev–Trinajstić information content (AvgIpc) is 2.28. The largest absolute Gasteiger partial charge is 0.390 e. The Labute approximate surface area is 106 Å². The molecule has 19 heavy (non-hydrogen) atoms. The van der Waals surface area contributed by atoms with E-state index in [1.165, 1.54) is 0 Å². The Morgan fingerprint density at radius 1 is 1.05 bits per heavy atom. The van der Waals surface area contributed by atoms with E-state index in [1.807, 2.05) is 0 Å². The molecule has 1 aromatic carbocycles. The Hall–Kier alpha value is -1.24. The van der Waals surface area contributed by atoms with Gasteiger partial charge in [-0.05, 0) is 19.0 Å². The standard InChI is InChI=1S/C12H13F6N/c1-2-3-19-11(6-12(16,17)18)7-4-9(14)10(15)5-8(7)13/h4-5,11,19H,2-3,6H2,1H3. The van der Waals surface area contributed by atoms with Gasteiger partial charge in [-0.3, -0.25) is 0 Å². The molecule has 1 nitrogen and oxygen atoms in total. The van der Waals surface area contributed by atoms with Crippen LogP contribution in [0.5, 0.6) is 0 Å². The van der Waals surface area contributed by atoms with Crippen LogP contribution in [0.3, 0.4) is 0 Å². The molecule has 0 aliphatic carbocycles. The zero-order valence-corrected chi connectivity index (χ0v) is 10.1. The quantitative estimate of drug-likeness (QED) is 0.634. The van der Waals surface area contributed by atoms with Gasteiger partial charge in [0.15, 0.2) is 11.6 Å². The maximum Gasteiger partial charge on any atom is 0.390 e. The molecule has 0 amide bonds. The van der Waals surface area contributed by atoms with Crippen LogP contribution in [-0.4, -0.2) is 12.7 Å². The van der Waals surface area contributed by atoms with Crippen molar-refractivity contribution in [2.75, 3.05) is 6.54 Å². The van der Waals surface area contributed by atoms with E-state index in [-0.39, 0.29) is 12.6 Å². The van der Waals surface area contributed by atoms with E-state index in [4.69, 9.17) is 0 Å². The Morgan fingerprint density at radius 3 is 2.16 bits per heavy atom. The fraction of sp³-hybridized carbons (Fsp3) is 0.500. The number of hydrogen-bond donors (Lipinski definition) is 1. The molecule has 1 rings (SSSR count). The predicted octanol–water partition coefficient (Wildman–Crippen LogP) is 4.10. The van der Waals surface area contributed by atoms with Crippen molar-refractivity contribution in [2.24, 2.45) is 0 Å². The van der Waals surface area contributed by atoms with Gasteiger partial charge in [0.05, 0.1) is 6.42 Å². The van der Waals surface area contributed by atoms with Crippen LogP contribution in [0.25, 0.3) is 0 Å². The van der Waals surface area contributed by atoms with E-state index in [1.54, 1.807) is 6.92 Å². The van der Waals surface area contributed by atoms with Gasteiger partial charge in [-0.25, -0.2) is 13.2 Å². The first-order valence-electron chi connectivity index (χ1n) is 5.69.